The monoisotopic (exact) mass is 203 g/mol. The Bertz CT molecular complexity index is 323. The third kappa shape index (κ3) is 2.01. The molecule has 0 heterocycles. The molecule has 1 nitrogen and oxygen atoms in total. The highest BCUT2D eigenvalue weighted by atomic mass is 14.6. The summed E-state index contributed by atoms with van der Waals surface area (Å²) in [5.74, 6) is 1.49. The summed E-state index contributed by atoms with van der Waals surface area (Å²) in [6.45, 7) is 4.56. The number of hydrogen-bond acceptors (Lipinski definition) is 1. The van der Waals surface area contributed by atoms with Crippen molar-refractivity contribution in [2.75, 3.05) is 5.73 Å². The van der Waals surface area contributed by atoms with Gasteiger partial charge in [-0.3, -0.25) is 0 Å². The smallest absolute Gasteiger partial charge is 0.0352 e. The van der Waals surface area contributed by atoms with E-state index in [1.54, 1.807) is 0 Å². The second-order valence-electron chi connectivity index (χ2n) is 4.95. The van der Waals surface area contributed by atoms with Gasteiger partial charge in [-0.05, 0) is 42.4 Å². The summed E-state index contributed by atoms with van der Waals surface area (Å²) in [5.41, 5.74) is 9.90. The van der Waals surface area contributed by atoms with E-state index in [1.807, 2.05) is 6.07 Å². The van der Waals surface area contributed by atoms with E-state index in [2.05, 4.69) is 26.0 Å². The molecular weight excluding hydrogens is 182 g/mol. The molecule has 0 spiro atoms. The molecule has 0 radical (unpaired) electrons. The molecule has 1 heteroatoms. The van der Waals surface area contributed by atoms with Gasteiger partial charge in [-0.2, -0.15) is 0 Å². The molecular formula is C14H21N. The van der Waals surface area contributed by atoms with Crippen molar-refractivity contribution in [1.29, 1.82) is 0 Å². The van der Waals surface area contributed by atoms with Crippen molar-refractivity contribution < 1.29 is 0 Å². The minimum absolute atomic E-state index is 0.694. The Kier molecular flexibility index (Phi) is 2.99. The number of benzene rings is 1. The molecule has 1 aromatic rings. The van der Waals surface area contributed by atoms with Crippen LogP contribution in [-0.2, 0) is 0 Å². The number of hydrogen-bond donors (Lipinski definition) is 1. The Labute approximate surface area is 92.7 Å². The van der Waals surface area contributed by atoms with Crippen molar-refractivity contribution >= 4 is 5.69 Å². The van der Waals surface area contributed by atoms with Gasteiger partial charge < -0.3 is 5.73 Å². The SMILES string of the molecule is Cc1cccc(N)c1C1CCCCC1C. The topological polar surface area (TPSA) is 26.0 Å². The summed E-state index contributed by atoms with van der Waals surface area (Å²) >= 11 is 0. The maximum Gasteiger partial charge on any atom is 0.0352 e. The van der Waals surface area contributed by atoms with Crippen LogP contribution in [0.1, 0.15) is 49.7 Å². The first-order valence-corrected chi connectivity index (χ1v) is 6.05. The Morgan fingerprint density at radius 2 is 1.93 bits per heavy atom. The van der Waals surface area contributed by atoms with E-state index in [-0.39, 0.29) is 0 Å². The molecule has 2 atom stereocenters. The van der Waals surface area contributed by atoms with Crippen molar-refractivity contribution in [2.24, 2.45) is 5.92 Å². The fourth-order valence-corrected chi connectivity index (χ4v) is 2.95. The predicted octanol–water partition coefficient (Wildman–Crippen LogP) is 3.87. The maximum absolute atomic E-state index is 6.11. The van der Waals surface area contributed by atoms with Crippen molar-refractivity contribution in [1.82, 2.24) is 0 Å². The summed E-state index contributed by atoms with van der Waals surface area (Å²) in [5, 5.41) is 0. The summed E-state index contributed by atoms with van der Waals surface area (Å²) in [4.78, 5) is 0. The van der Waals surface area contributed by atoms with Gasteiger partial charge in [0.25, 0.3) is 0 Å². The van der Waals surface area contributed by atoms with Crippen LogP contribution in [0.15, 0.2) is 18.2 Å². The van der Waals surface area contributed by atoms with Gasteiger partial charge in [-0.1, -0.05) is 38.3 Å². The average Bonchev–Trinajstić information content (AvgIpc) is 2.20. The summed E-state index contributed by atoms with van der Waals surface area (Å²) < 4.78 is 0. The van der Waals surface area contributed by atoms with Gasteiger partial charge in [0.1, 0.15) is 0 Å². The van der Waals surface area contributed by atoms with Gasteiger partial charge in [0.15, 0.2) is 0 Å². The van der Waals surface area contributed by atoms with Gasteiger partial charge in [-0.15, -0.1) is 0 Å². The molecule has 1 aliphatic rings. The lowest BCUT2D eigenvalue weighted by Gasteiger charge is -2.31. The highest BCUT2D eigenvalue weighted by Gasteiger charge is 2.25. The standard InChI is InChI=1S/C14H21N/c1-10-6-3-4-8-12(10)14-11(2)7-5-9-13(14)15/h5,7,9-10,12H,3-4,6,8,15H2,1-2H3. The Hall–Kier alpha value is -0.980. The number of anilines is 1. The molecule has 0 bridgehead atoms. The van der Waals surface area contributed by atoms with E-state index in [1.165, 1.54) is 36.8 Å². The molecule has 0 aromatic heterocycles. The molecule has 1 aliphatic carbocycles. The second-order valence-corrected chi connectivity index (χ2v) is 4.95. The van der Waals surface area contributed by atoms with E-state index in [0.29, 0.717) is 5.92 Å². The first kappa shape index (κ1) is 10.5. The van der Waals surface area contributed by atoms with E-state index >= 15 is 0 Å². The zero-order valence-electron chi connectivity index (χ0n) is 9.79. The fraction of sp³-hybridized carbons (Fsp3) is 0.571. The normalized spacial score (nSPS) is 26.5. The molecule has 0 amide bonds. The van der Waals surface area contributed by atoms with Crippen molar-refractivity contribution in [3.8, 4) is 0 Å². The summed E-state index contributed by atoms with van der Waals surface area (Å²) in [6, 6.07) is 6.29. The molecule has 2 rings (SSSR count). The van der Waals surface area contributed by atoms with Crippen LogP contribution in [0.3, 0.4) is 0 Å². The Morgan fingerprint density at radius 1 is 1.20 bits per heavy atom. The Morgan fingerprint density at radius 3 is 2.60 bits per heavy atom. The number of nitrogens with two attached hydrogens (primary N) is 1. The fourth-order valence-electron chi connectivity index (χ4n) is 2.95. The molecule has 15 heavy (non-hydrogen) atoms. The summed E-state index contributed by atoms with van der Waals surface area (Å²) in [6.07, 6.45) is 5.43. The van der Waals surface area contributed by atoms with E-state index in [9.17, 15) is 0 Å². The van der Waals surface area contributed by atoms with Crippen LogP contribution >= 0.6 is 0 Å². The lowest BCUT2D eigenvalue weighted by Crippen LogP contribution is -2.17. The number of nitrogen functional groups attached to an aromatic ring is 1. The third-order valence-corrected chi connectivity index (χ3v) is 3.84. The first-order chi connectivity index (χ1) is 7.20. The van der Waals surface area contributed by atoms with Crippen LogP contribution in [0, 0.1) is 12.8 Å². The Balaban J connectivity index is 2.35. The summed E-state index contributed by atoms with van der Waals surface area (Å²) in [7, 11) is 0. The van der Waals surface area contributed by atoms with Crippen LogP contribution in [0.2, 0.25) is 0 Å². The van der Waals surface area contributed by atoms with E-state index in [0.717, 1.165) is 11.6 Å². The van der Waals surface area contributed by atoms with Gasteiger partial charge >= 0.3 is 0 Å². The van der Waals surface area contributed by atoms with Crippen molar-refractivity contribution in [3.63, 3.8) is 0 Å². The quantitative estimate of drug-likeness (QED) is 0.689. The molecule has 0 aliphatic heterocycles. The predicted molar refractivity (Wildman–Crippen MR) is 66.0 cm³/mol. The van der Waals surface area contributed by atoms with E-state index in [4.69, 9.17) is 5.73 Å². The van der Waals surface area contributed by atoms with Gasteiger partial charge in [0.05, 0.1) is 0 Å². The number of aryl methyl sites for hydroxylation is 1. The first-order valence-electron chi connectivity index (χ1n) is 6.05. The zero-order chi connectivity index (χ0) is 10.8. The third-order valence-electron chi connectivity index (χ3n) is 3.84. The highest BCUT2D eigenvalue weighted by molar-refractivity contribution is 5.52. The van der Waals surface area contributed by atoms with Crippen LogP contribution < -0.4 is 5.73 Å². The molecule has 0 saturated heterocycles. The minimum Gasteiger partial charge on any atom is -0.398 e. The van der Waals surface area contributed by atoms with Crippen LogP contribution in [0.5, 0.6) is 0 Å². The van der Waals surface area contributed by atoms with Crippen LogP contribution in [-0.4, -0.2) is 0 Å². The minimum atomic E-state index is 0.694. The van der Waals surface area contributed by atoms with Crippen LogP contribution in [0.25, 0.3) is 0 Å². The van der Waals surface area contributed by atoms with Gasteiger partial charge in [0.2, 0.25) is 0 Å². The average molecular weight is 203 g/mol. The zero-order valence-corrected chi connectivity index (χ0v) is 9.79. The molecule has 82 valence electrons. The molecule has 2 unspecified atom stereocenters. The lowest BCUT2D eigenvalue weighted by atomic mass is 9.75. The maximum atomic E-state index is 6.11. The van der Waals surface area contributed by atoms with Crippen LogP contribution in [0.4, 0.5) is 5.69 Å². The second kappa shape index (κ2) is 4.26. The number of rotatable bonds is 1. The lowest BCUT2D eigenvalue weighted by molar-refractivity contribution is 0.330. The highest BCUT2D eigenvalue weighted by Crippen LogP contribution is 2.40. The molecule has 1 fully saturated rings. The largest absolute Gasteiger partial charge is 0.398 e. The molecule has 1 aromatic carbocycles. The van der Waals surface area contributed by atoms with Gasteiger partial charge in [-0.25, -0.2) is 0 Å². The molecule has 2 N–H and O–H groups in total. The molecule has 1 saturated carbocycles. The van der Waals surface area contributed by atoms with E-state index < -0.39 is 0 Å². The van der Waals surface area contributed by atoms with Gasteiger partial charge in [0, 0.05) is 5.69 Å². The van der Waals surface area contributed by atoms with Crippen molar-refractivity contribution in [3.05, 3.63) is 29.3 Å². The van der Waals surface area contributed by atoms with Crippen molar-refractivity contribution in [2.45, 2.75) is 45.4 Å².